The summed E-state index contributed by atoms with van der Waals surface area (Å²) in [7, 11) is 0. The first-order chi connectivity index (χ1) is 10.6. The summed E-state index contributed by atoms with van der Waals surface area (Å²) in [6.07, 6.45) is 2.03. The summed E-state index contributed by atoms with van der Waals surface area (Å²) in [5.74, 6) is 0.928. The van der Waals surface area contributed by atoms with E-state index in [0.29, 0.717) is 0 Å². The van der Waals surface area contributed by atoms with Crippen LogP contribution in [-0.4, -0.2) is 32.9 Å². The normalized spacial score (nSPS) is 15.6. The van der Waals surface area contributed by atoms with Gasteiger partial charge in [0.05, 0.1) is 0 Å². The van der Waals surface area contributed by atoms with Crippen LogP contribution < -0.4 is 5.32 Å². The molecule has 0 saturated carbocycles. The molecule has 0 amide bonds. The number of nitrogens with one attached hydrogen (secondary N) is 1. The monoisotopic (exact) mass is 316 g/mol. The second-order valence-corrected chi connectivity index (χ2v) is 7.23. The minimum absolute atomic E-state index is 0.0889. The number of benzene rings is 1. The van der Waals surface area contributed by atoms with Crippen molar-refractivity contribution in [1.29, 1.82) is 0 Å². The second kappa shape index (κ2) is 6.34. The number of anilines is 1. The van der Waals surface area contributed by atoms with E-state index in [4.69, 9.17) is 0 Å². The summed E-state index contributed by atoms with van der Waals surface area (Å²) >= 11 is 1.46. The molecule has 2 aromatic rings. The third-order valence-corrected chi connectivity index (χ3v) is 5.15. The highest BCUT2D eigenvalue weighted by atomic mass is 32.1. The van der Waals surface area contributed by atoms with Crippen LogP contribution in [-0.2, 0) is 19.4 Å². The smallest absolute Gasteiger partial charge is 0.202 e. The fourth-order valence-corrected chi connectivity index (χ4v) is 3.53. The van der Waals surface area contributed by atoms with Crippen LogP contribution in [0.25, 0.3) is 0 Å². The number of rotatable bonds is 5. The predicted octanol–water partition coefficient (Wildman–Crippen LogP) is 3.35. The number of nitrogens with zero attached hydrogens (tertiary/aromatic N) is 3. The number of hydrogen-bond acceptors (Lipinski definition) is 5. The summed E-state index contributed by atoms with van der Waals surface area (Å²) in [5.41, 5.74) is 3.05. The SMILES string of the molecule is CCc1nsc(NCC(C)(C)N2CCc3ccccc3C2)n1. The first-order valence-electron chi connectivity index (χ1n) is 7.97. The molecule has 0 bridgehead atoms. The zero-order valence-corrected chi connectivity index (χ0v) is 14.4. The lowest BCUT2D eigenvalue weighted by atomic mass is 9.94. The molecule has 1 aliphatic heterocycles. The highest BCUT2D eigenvalue weighted by Gasteiger charge is 2.29. The average molecular weight is 316 g/mol. The first kappa shape index (κ1) is 15.4. The molecule has 1 N–H and O–H groups in total. The lowest BCUT2D eigenvalue weighted by molar-refractivity contribution is 0.115. The maximum atomic E-state index is 4.49. The highest BCUT2D eigenvalue weighted by Crippen LogP contribution is 2.26. The van der Waals surface area contributed by atoms with Gasteiger partial charge in [0.25, 0.3) is 0 Å². The summed E-state index contributed by atoms with van der Waals surface area (Å²) in [6.45, 7) is 9.71. The average Bonchev–Trinajstić information content (AvgIpc) is 3.01. The van der Waals surface area contributed by atoms with Crippen LogP contribution >= 0.6 is 11.5 Å². The molecule has 1 aliphatic rings. The van der Waals surface area contributed by atoms with Crippen molar-refractivity contribution < 1.29 is 0 Å². The van der Waals surface area contributed by atoms with Crippen molar-refractivity contribution in [2.24, 2.45) is 0 Å². The molecule has 5 heteroatoms. The number of aryl methyl sites for hydroxylation is 1. The topological polar surface area (TPSA) is 41.1 Å². The molecular formula is C17H24N4S. The van der Waals surface area contributed by atoms with Crippen LogP contribution in [0.5, 0.6) is 0 Å². The second-order valence-electron chi connectivity index (χ2n) is 6.48. The van der Waals surface area contributed by atoms with Crippen molar-refractivity contribution in [1.82, 2.24) is 14.3 Å². The van der Waals surface area contributed by atoms with Gasteiger partial charge in [0.1, 0.15) is 5.82 Å². The number of fused-ring (bicyclic) bond motifs is 1. The molecular weight excluding hydrogens is 292 g/mol. The maximum absolute atomic E-state index is 4.49. The summed E-state index contributed by atoms with van der Waals surface area (Å²) in [5, 5.41) is 4.40. The molecule has 0 aliphatic carbocycles. The van der Waals surface area contributed by atoms with Gasteiger partial charge in [-0.05, 0) is 31.4 Å². The molecule has 0 atom stereocenters. The third kappa shape index (κ3) is 3.31. The molecule has 4 nitrogen and oxygen atoms in total. The van der Waals surface area contributed by atoms with Crippen LogP contribution in [0.2, 0.25) is 0 Å². The van der Waals surface area contributed by atoms with Gasteiger partial charge in [-0.25, -0.2) is 4.98 Å². The van der Waals surface area contributed by atoms with E-state index < -0.39 is 0 Å². The zero-order valence-electron chi connectivity index (χ0n) is 13.6. The van der Waals surface area contributed by atoms with Gasteiger partial charge < -0.3 is 5.32 Å². The lowest BCUT2D eigenvalue weighted by Crippen LogP contribution is -2.50. The van der Waals surface area contributed by atoms with Gasteiger partial charge in [-0.3, -0.25) is 4.90 Å². The van der Waals surface area contributed by atoms with Crippen molar-refractivity contribution in [3.05, 3.63) is 41.2 Å². The van der Waals surface area contributed by atoms with Crippen LogP contribution in [0.3, 0.4) is 0 Å². The Balaban J connectivity index is 1.63. The van der Waals surface area contributed by atoms with Crippen LogP contribution in [0.15, 0.2) is 24.3 Å². The quantitative estimate of drug-likeness (QED) is 0.918. The Labute approximate surface area is 136 Å². The van der Waals surface area contributed by atoms with Gasteiger partial charge in [0, 0.05) is 43.1 Å². The molecule has 0 radical (unpaired) electrons. The molecule has 1 aromatic heterocycles. The minimum Gasteiger partial charge on any atom is -0.358 e. The van der Waals surface area contributed by atoms with E-state index >= 15 is 0 Å². The molecule has 0 spiro atoms. The van der Waals surface area contributed by atoms with E-state index in [1.807, 2.05) is 0 Å². The standard InChI is InChI=1S/C17H24N4S/c1-4-15-19-16(22-20-15)18-12-17(2,3)21-10-9-13-7-5-6-8-14(13)11-21/h5-8H,4,9-12H2,1-3H3,(H,18,19,20). The van der Waals surface area contributed by atoms with Crippen molar-refractivity contribution in [3.63, 3.8) is 0 Å². The molecule has 0 saturated heterocycles. The van der Waals surface area contributed by atoms with Crippen molar-refractivity contribution in [2.45, 2.75) is 45.7 Å². The van der Waals surface area contributed by atoms with Crippen LogP contribution in [0.4, 0.5) is 5.13 Å². The minimum atomic E-state index is 0.0889. The van der Waals surface area contributed by atoms with Gasteiger partial charge in [-0.1, -0.05) is 31.2 Å². The van der Waals surface area contributed by atoms with Crippen LogP contribution in [0.1, 0.15) is 37.7 Å². The van der Waals surface area contributed by atoms with E-state index in [-0.39, 0.29) is 5.54 Å². The largest absolute Gasteiger partial charge is 0.358 e. The first-order valence-corrected chi connectivity index (χ1v) is 8.74. The molecule has 3 rings (SSSR count). The molecule has 118 valence electrons. The summed E-state index contributed by atoms with van der Waals surface area (Å²) < 4.78 is 4.33. The molecule has 22 heavy (non-hydrogen) atoms. The lowest BCUT2D eigenvalue weighted by Gasteiger charge is -2.41. The Hall–Kier alpha value is -1.46. The Kier molecular flexibility index (Phi) is 4.45. The van der Waals surface area contributed by atoms with Crippen LogP contribution in [0, 0.1) is 0 Å². The Morgan fingerprint density at radius 2 is 2.05 bits per heavy atom. The van der Waals surface area contributed by atoms with Gasteiger partial charge in [0.2, 0.25) is 5.13 Å². The van der Waals surface area contributed by atoms with E-state index in [1.54, 1.807) is 0 Å². The van der Waals surface area contributed by atoms with Crippen molar-refractivity contribution >= 4 is 16.7 Å². The van der Waals surface area contributed by atoms with Gasteiger partial charge in [0.15, 0.2) is 0 Å². The molecule has 2 heterocycles. The van der Waals surface area contributed by atoms with Crippen molar-refractivity contribution in [2.75, 3.05) is 18.4 Å². The summed E-state index contributed by atoms with van der Waals surface area (Å²) in [6, 6.07) is 8.79. The molecule has 0 fully saturated rings. The third-order valence-electron chi connectivity index (χ3n) is 4.44. The number of hydrogen-bond donors (Lipinski definition) is 1. The van der Waals surface area contributed by atoms with E-state index in [2.05, 4.69) is 64.6 Å². The van der Waals surface area contributed by atoms with Gasteiger partial charge >= 0.3 is 0 Å². The maximum Gasteiger partial charge on any atom is 0.202 e. The Morgan fingerprint density at radius 3 is 2.77 bits per heavy atom. The van der Waals surface area contributed by atoms with E-state index in [0.717, 1.165) is 43.4 Å². The van der Waals surface area contributed by atoms with Gasteiger partial charge in [-0.15, -0.1) is 0 Å². The Morgan fingerprint density at radius 1 is 1.27 bits per heavy atom. The predicted molar refractivity (Wildman–Crippen MR) is 92.4 cm³/mol. The van der Waals surface area contributed by atoms with E-state index in [9.17, 15) is 0 Å². The molecule has 1 aromatic carbocycles. The highest BCUT2D eigenvalue weighted by molar-refractivity contribution is 7.09. The number of aromatic nitrogens is 2. The van der Waals surface area contributed by atoms with E-state index in [1.165, 1.54) is 22.7 Å². The fourth-order valence-electron chi connectivity index (χ4n) is 2.89. The summed E-state index contributed by atoms with van der Waals surface area (Å²) in [4.78, 5) is 7.05. The van der Waals surface area contributed by atoms with Crippen molar-refractivity contribution in [3.8, 4) is 0 Å². The Bertz CT molecular complexity index is 635. The molecule has 0 unspecified atom stereocenters. The van der Waals surface area contributed by atoms with Gasteiger partial charge in [-0.2, -0.15) is 4.37 Å². The fraction of sp³-hybridized carbons (Fsp3) is 0.529. The zero-order chi connectivity index (χ0) is 15.6.